The van der Waals surface area contributed by atoms with Crippen LogP contribution in [0.5, 0.6) is 0 Å². The zero-order valence-electron chi connectivity index (χ0n) is 20.4. The van der Waals surface area contributed by atoms with E-state index < -0.39 is 15.4 Å². The molecule has 2 unspecified atom stereocenters. The first-order valence-corrected chi connectivity index (χ1v) is 14.0. The number of rotatable bonds is 22. The van der Waals surface area contributed by atoms with Crippen LogP contribution in [-0.2, 0) is 10.1 Å². The van der Waals surface area contributed by atoms with Gasteiger partial charge in [-0.3, -0.25) is 0 Å². The molecule has 0 spiro atoms. The van der Waals surface area contributed by atoms with Crippen LogP contribution in [-0.4, -0.2) is 29.4 Å². The molecule has 0 saturated heterocycles. The second-order valence-electron chi connectivity index (χ2n) is 8.87. The third-order valence-corrected chi connectivity index (χ3v) is 7.26. The molecule has 0 aromatic carbocycles. The van der Waals surface area contributed by atoms with Gasteiger partial charge in [-0.05, 0) is 25.7 Å². The molecule has 0 amide bonds. The summed E-state index contributed by atoms with van der Waals surface area (Å²) >= 11 is 0. The summed E-state index contributed by atoms with van der Waals surface area (Å²) in [6.45, 7) is 4.27. The molecule has 0 aromatic rings. The van der Waals surface area contributed by atoms with Gasteiger partial charge in [-0.1, -0.05) is 117 Å². The topological polar surface area (TPSA) is 77.4 Å². The molecule has 0 heterocycles. The van der Waals surface area contributed by atoms with Gasteiger partial charge in [-0.25, -0.2) is 8.42 Å². The summed E-state index contributed by atoms with van der Waals surface area (Å²) in [6.07, 6.45) is 21.0. The summed E-state index contributed by atoms with van der Waals surface area (Å²) < 4.78 is 34.4. The van der Waals surface area contributed by atoms with Gasteiger partial charge in [0.1, 0.15) is 0 Å². The van der Waals surface area contributed by atoms with E-state index >= 15 is 0 Å². The maximum atomic E-state index is 11.5. The van der Waals surface area contributed by atoms with Gasteiger partial charge < -0.3 is 9.66 Å². The van der Waals surface area contributed by atoms with Crippen molar-refractivity contribution >= 4 is 10.1 Å². The first kappa shape index (κ1) is 33.0. The van der Waals surface area contributed by atoms with Crippen molar-refractivity contribution in [3.05, 3.63) is 0 Å². The summed E-state index contributed by atoms with van der Waals surface area (Å²) in [4.78, 5) is 0. The van der Waals surface area contributed by atoms with Crippen molar-refractivity contribution in [1.29, 1.82) is 0 Å². The average Bonchev–Trinajstić information content (AvgIpc) is 2.66. The number of unbranched alkanes of at least 4 members (excludes halogenated alkanes) is 13. The van der Waals surface area contributed by atoms with Gasteiger partial charge in [0.05, 0.1) is 16.2 Å². The third-order valence-electron chi connectivity index (χ3n) is 5.97. The Morgan fingerprint density at radius 2 is 0.967 bits per heavy atom. The molecular weight excluding hydrogens is 407 g/mol. The maximum Gasteiger partial charge on any atom is 1.00 e. The number of aliphatic hydroxyl groups is 1. The van der Waals surface area contributed by atoms with Crippen LogP contribution in [0.1, 0.15) is 142 Å². The van der Waals surface area contributed by atoms with E-state index in [2.05, 4.69) is 13.8 Å². The predicted molar refractivity (Wildman–Crippen MR) is 123 cm³/mol. The Balaban J connectivity index is 0. The summed E-state index contributed by atoms with van der Waals surface area (Å²) in [5.74, 6) is 0. The van der Waals surface area contributed by atoms with Gasteiger partial charge in [0.2, 0.25) is 0 Å². The standard InChI is InChI=1S/C24H50O4S.Na/c1-3-5-6-13-17-21-24(29(26,27)28)22-18-15-12-10-8-7-9-11-14-16-20-23(25)19-4-2;/h23-25H,3-22H2,1-2H3,(H,26,27,28);/q;+1/p-1. The maximum absolute atomic E-state index is 11.5. The zero-order chi connectivity index (χ0) is 21.8. The molecule has 0 aliphatic carbocycles. The van der Waals surface area contributed by atoms with Crippen molar-refractivity contribution in [3.63, 3.8) is 0 Å². The van der Waals surface area contributed by atoms with E-state index in [9.17, 15) is 18.1 Å². The normalized spacial score (nSPS) is 13.7. The quantitative estimate of drug-likeness (QED) is 0.151. The first-order chi connectivity index (χ1) is 13.9. The second kappa shape index (κ2) is 23.0. The Kier molecular flexibility index (Phi) is 25.4. The largest absolute Gasteiger partial charge is 1.00 e. The van der Waals surface area contributed by atoms with Gasteiger partial charge >= 0.3 is 29.6 Å². The first-order valence-electron chi connectivity index (χ1n) is 12.5. The monoisotopic (exact) mass is 456 g/mol. The van der Waals surface area contributed by atoms with Crippen LogP contribution in [0.2, 0.25) is 0 Å². The number of hydrogen-bond donors (Lipinski definition) is 1. The molecule has 0 rings (SSSR count). The summed E-state index contributed by atoms with van der Waals surface area (Å²) in [5.41, 5.74) is 0. The predicted octanol–water partition coefficient (Wildman–Crippen LogP) is 4.11. The van der Waals surface area contributed by atoms with Crippen molar-refractivity contribution < 1.29 is 47.6 Å². The SMILES string of the molecule is CCCCCCCC(CCCCCCCCCCCCC(O)CCC)S(=O)(=O)[O-].[Na+]. The number of hydrogen-bond acceptors (Lipinski definition) is 4. The zero-order valence-corrected chi connectivity index (χ0v) is 23.2. The van der Waals surface area contributed by atoms with Crippen molar-refractivity contribution in [2.75, 3.05) is 0 Å². The molecule has 0 aromatic heterocycles. The Bertz CT molecular complexity index is 442. The molecule has 0 aliphatic rings. The van der Waals surface area contributed by atoms with Crippen LogP contribution in [0, 0.1) is 0 Å². The molecule has 0 saturated carbocycles. The van der Waals surface area contributed by atoms with E-state index in [0.717, 1.165) is 64.2 Å². The molecule has 176 valence electrons. The fourth-order valence-electron chi connectivity index (χ4n) is 4.05. The molecular formula is C24H49NaO4S. The summed E-state index contributed by atoms with van der Waals surface area (Å²) in [7, 11) is -4.14. The van der Waals surface area contributed by atoms with E-state index in [1.807, 2.05) is 0 Å². The minimum atomic E-state index is -4.14. The minimum absolute atomic E-state index is 0. The van der Waals surface area contributed by atoms with E-state index in [1.54, 1.807) is 0 Å². The van der Waals surface area contributed by atoms with E-state index in [1.165, 1.54) is 51.4 Å². The van der Waals surface area contributed by atoms with E-state index in [-0.39, 0.29) is 35.7 Å². The second-order valence-corrected chi connectivity index (χ2v) is 10.5. The molecule has 1 N–H and O–H groups in total. The molecule has 0 aliphatic heterocycles. The number of aliphatic hydroxyl groups excluding tert-OH is 1. The van der Waals surface area contributed by atoms with Crippen molar-refractivity contribution in [2.24, 2.45) is 0 Å². The smallest absolute Gasteiger partial charge is 0.748 e. The molecule has 2 atom stereocenters. The molecule has 0 radical (unpaired) electrons. The van der Waals surface area contributed by atoms with Crippen molar-refractivity contribution in [2.45, 2.75) is 154 Å². The fraction of sp³-hybridized carbons (Fsp3) is 1.00. The van der Waals surface area contributed by atoms with Crippen molar-refractivity contribution in [1.82, 2.24) is 0 Å². The molecule has 4 nitrogen and oxygen atoms in total. The van der Waals surface area contributed by atoms with Crippen LogP contribution in [0.3, 0.4) is 0 Å². The van der Waals surface area contributed by atoms with Crippen LogP contribution < -0.4 is 29.6 Å². The van der Waals surface area contributed by atoms with Gasteiger partial charge in [-0.2, -0.15) is 0 Å². The van der Waals surface area contributed by atoms with Crippen LogP contribution in [0.25, 0.3) is 0 Å². The Morgan fingerprint density at radius 1 is 0.600 bits per heavy atom. The Labute approximate surface area is 210 Å². The van der Waals surface area contributed by atoms with Gasteiger partial charge in [-0.15, -0.1) is 0 Å². The van der Waals surface area contributed by atoms with Crippen molar-refractivity contribution in [3.8, 4) is 0 Å². The van der Waals surface area contributed by atoms with Gasteiger partial charge in [0, 0.05) is 5.25 Å². The van der Waals surface area contributed by atoms with Crippen LogP contribution in [0.15, 0.2) is 0 Å². The van der Waals surface area contributed by atoms with Gasteiger partial charge in [0.25, 0.3) is 0 Å². The fourth-order valence-corrected chi connectivity index (χ4v) is 4.96. The van der Waals surface area contributed by atoms with E-state index in [0.29, 0.717) is 12.8 Å². The average molecular weight is 457 g/mol. The molecule has 30 heavy (non-hydrogen) atoms. The molecule has 6 heteroatoms. The Morgan fingerprint density at radius 3 is 1.33 bits per heavy atom. The summed E-state index contributed by atoms with van der Waals surface area (Å²) in [6, 6.07) is 0. The third kappa shape index (κ3) is 22.1. The van der Waals surface area contributed by atoms with Crippen LogP contribution >= 0.6 is 0 Å². The van der Waals surface area contributed by atoms with E-state index in [4.69, 9.17) is 0 Å². The van der Waals surface area contributed by atoms with Gasteiger partial charge in [0.15, 0.2) is 0 Å². The minimum Gasteiger partial charge on any atom is -0.748 e. The summed E-state index contributed by atoms with van der Waals surface area (Å²) in [5, 5.41) is 9.03. The van der Waals surface area contributed by atoms with Crippen LogP contribution in [0.4, 0.5) is 0 Å². The molecule has 0 bridgehead atoms. The molecule has 0 fully saturated rings. The Hall–Kier alpha value is 0.870.